The maximum Gasteiger partial charge on any atom is 0.228 e. The Morgan fingerprint density at radius 2 is 1.68 bits per heavy atom. The van der Waals surface area contributed by atoms with Crippen molar-refractivity contribution in [2.24, 2.45) is 45.3 Å². The Hall–Kier alpha value is -1.29. The quantitative estimate of drug-likeness (QED) is 0.260. The van der Waals surface area contributed by atoms with Crippen LogP contribution in [0.5, 0.6) is 0 Å². The van der Waals surface area contributed by atoms with Crippen molar-refractivity contribution < 1.29 is 39.8 Å². The van der Waals surface area contributed by atoms with Crippen LogP contribution in [0.25, 0.3) is 0 Å². The molecular weight excluding hydrogens is 560 g/mol. The standard InChI is InChI=1S/C36H58O8/c1-20(2)10-9-14-36(8,42)21-11-16-35(7)27(21)22(38)18-25-33(5)15-13-26(32(3,4)24(33)12-17-34(25,35)6)44-31-30(41)29(40)28(39)23(19-37)43-31/h10,13,21,23-25,27-31,37,39-42H,9,11-12,14-19H2,1-8H3/t21?,23?,24?,25?,27?,28-,29+,30?,31+,33+,34-,35-,36+/m1/s1. The molecular formula is C36H58O8. The lowest BCUT2D eigenvalue weighted by atomic mass is 9.36. The number of hydrogen-bond donors (Lipinski definition) is 5. The highest BCUT2D eigenvalue weighted by Crippen LogP contribution is 2.75. The Labute approximate surface area is 263 Å². The molecule has 5 N–H and O–H groups in total. The Kier molecular flexibility index (Phi) is 8.86. The van der Waals surface area contributed by atoms with Gasteiger partial charge < -0.3 is 35.0 Å². The summed E-state index contributed by atoms with van der Waals surface area (Å²) in [5.41, 5.74) is -0.487. The Balaban J connectivity index is 1.41. The zero-order valence-electron chi connectivity index (χ0n) is 28.2. The molecule has 0 aromatic carbocycles. The predicted molar refractivity (Wildman–Crippen MR) is 167 cm³/mol. The Bertz CT molecular complexity index is 1170. The van der Waals surface area contributed by atoms with Crippen molar-refractivity contribution in [2.75, 3.05) is 6.61 Å². The zero-order chi connectivity index (χ0) is 32.6. The van der Waals surface area contributed by atoms with Crippen LogP contribution >= 0.6 is 0 Å². The number of carbonyl (C=O) groups is 1. The summed E-state index contributed by atoms with van der Waals surface area (Å²) < 4.78 is 12.0. The maximum absolute atomic E-state index is 14.3. The molecule has 5 aliphatic rings. The first-order valence-electron chi connectivity index (χ1n) is 16.9. The molecule has 8 nitrogen and oxygen atoms in total. The van der Waals surface area contributed by atoms with Gasteiger partial charge in [0.2, 0.25) is 6.29 Å². The molecule has 13 atom stereocenters. The van der Waals surface area contributed by atoms with Crippen LogP contribution in [-0.2, 0) is 14.3 Å². The van der Waals surface area contributed by atoms with Gasteiger partial charge in [0.25, 0.3) is 0 Å². The van der Waals surface area contributed by atoms with Crippen molar-refractivity contribution in [3.05, 3.63) is 23.5 Å². The van der Waals surface area contributed by atoms with Gasteiger partial charge in [0.1, 0.15) is 36.0 Å². The van der Waals surface area contributed by atoms with Gasteiger partial charge in [-0.25, -0.2) is 0 Å². The lowest BCUT2D eigenvalue weighted by Gasteiger charge is -2.68. The third-order valence-corrected chi connectivity index (χ3v) is 13.8. The molecule has 44 heavy (non-hydrogen) atoms. The fourth-order valence-electron chi connectivity index (χ4n) is 11.0. The Morgan fingerprint density at radius 1 is 1.02 bits per heavy atom. The second-order valence-electron chi connectivity index (χ2n) is 16.8. The third kappa shape index (κ3) is 5.05. The summed E-state index contributed by atoms with van der Waals surface area (Å²) >= 11 is 0. The molecule has 1 aliphatic heterocycles. The predicted octanol–water partition coefficient (Wildman–Crippen LogP) is 4.66. The van der Waals surface area contributed by atoms with Crippen LogP contribution in [0.3, 0.4) is 0 Å². The van der Waals surface area contributed by atoms with Gasteiger partial charge in [0.05, 0.1) is 12.2 Å². The van der Waals surface area contributed by atoms with Gasteiger partial charge in [-0.05, 0) is 106 Å². The lowest BCUT2D eigenvalue weighted by Crippen LogP contribution is -2.64. The normalized spacial score (nSPS) is 47.9. The third-order valence-electron chi connectivity index (χ3n) is 13.8. The average molecular weight is 619 g/mol. The van der Waals surface area contributed by atoms with Crippen LogP contribution in [-0.4, -0.2) is 74.2 Å². The van der Waals surface area contributed by atoms with Gasteiger partial charge >= 0.3 is 0 Å². The number of aliphatic hydroxyl groups excluding tert-OH is 4. The van der Waals surface area contributed by atoms with Gasteiger partial charge in [0.15, 0.2) is 0 Å². The number of allylic oxidation sites excluding steroid dienone is 4. The number of carbonyl (C=O) groups excluding carboxylic acids is 1. The summed E-state index contributed by atoms with van der Waals surface area (Å²) in [6.45, 7) is 17.0. The molecule has 5 rings (SSSR count). The number of hydrogen-bond acceptors (Lipinski definition) is 8. The number of ketones is 1. The van der Waals surface area contributed by atoms with E-state index in [0.29, 0.717) is 30.8 Å². The molecule has 250 valence electrons. The molecule has 1 saturated heterocycles. The van der Waals surface area contributed by atoms with E-state index in [1.54, 1.807) is 0 Å². The summed E-state index contributed by atoms with van der Waals surface area (Å²) in [6.07, 6.45) is 4.11. The van der Waals surface area contributed by atoms with Crippen molar-refractivity contribution in [2.45, 2.75) is 143 Å². The molecule has 3 saturated carbocycles. The zero-order valence-corrected chi connectivity index (χ0v) is 28.2. The van der Waals surface area contributed by atoms with Crippen LogP contribution in [0.1, 0.15) is 107 Å². The van der Waals surface area contributed by atoms with Crippen molar-refractivity contribution in [1.82, 2.24) is 0 Å². The van der Waals surface area contributed by atoms with Crippen molar-refractivity contribution in [3.8, 4) is 0 Å². The molecule has 0 aromatic heterocycles. The topological polar surface area (TPSA) is 137 Å². The van der Waals surface area contributed by atoms with E-state index in [0.717, 1.165) is 32.1 Å². The summed E-state index contributed by atoms with van der Waals surface area (Å²) in [4.78, 5) is 14.3. The van der Waals surface area contributed by atoms with Gasteiger partial charge in [-0.1, -0.05) is 46.3 Å². The first-order valence-corrected chi connectivity index (χ1v) is 16.9. The fourth-order valence-corrected chi connectivity index (χ4v) is 11.0. The van der Waals surface area contributed by atoms with Crippen LogP contribution in [0.15, 0.2) is 23.5 Å². The second-order valence-corrected chi connectivity index (χ2v) is 16.8. The molecule has 6 unspecified atom stereocenters. The lowest BCUT2D eigenvalue weighted by molar-refractivity contribution is -0.297. The first kappa shape index (κ1) is 34.1. The molecule has 0 radical (unpaired) electrons. The highest BCUT2D eigenvalue weighted by molar-refractivity contribution is 5.84. The number of ether oxygens (including phenoxy) is 2. The first-order chi connectivity index (χ1) is 20.3. The van der Waals surface area contributed by atoms with Crippen LogP contribution in [0.4, 0.5) is 0 Å². The van der Waals surface area contributed by atoms with Crippen molar-refractivity contribution in [1.29, 1.82) is 0 Å². The minimum Gasteiger partial charge on any atom is -0.466 e. The van der Waals surface area contributed by atoms with E-state index < -0.39 is 48.3 Å². The van der Waals surface area contributed by atoms with E-state index in [1.165, 1.54) is 5.57 Å². The molecule has 4 aliphatic carbocycles. The number of fused-ring (bicyclic) bond motifs is 5. The molecule has 0 aromatic rings. The minimum atomic E-state index is -1.50. The van der Waals surface area contributed by atoms with E-state index in [2.05, 4.69) is 60.6 Å². The van der Waals surface area contributed by atoms with E-state index in [-0.39, 0.29) is 39.9 Å². The highest BCUT2D eigenvalue weighted by atomic mass is 16.7. The van der Waals surface area contributed by atoms with E-state index in [4.69, 9.17) is 9.47 Å². The Morgan fingerprint density at radius 3 is 2.32 bits per heavy atom. The SMILES string of the molecule is CC(C)=CCC[C@](C)(O)C1CC[C@]2(C)C1C(=O)CC1[C@@]3(C)CC=C(O[C@@H]4OC(CO)[C@@H](O)[C@H](O)C4O)C(C)(C)C3CC[C@]12C. The van der Waals surface area contributed by atoms with E-state index in [9.17, 15) is 30.3 Å². The number of Topliss-reactive ketones (excluding diaryl/α,β-unsaturated/α-hetero) is 1. The van der Waals surface area contributed by atoms with Gasteiger partial charge in [0, 0.05) is 17.8 Å². The van der Waals surface area contributed by atoms with E-state index in [1.807, 2.05) is 6.92 Å². The number of rotatable bonds is 7. The summed E-state index contributed by atoms with van der Waals surface area (Å²) in [5.74, 6) is 1.20. The van der Waals surface area contributed by atoms with Crippen molar-refractivity contribution in [3.63, 3.8) is 0 Å². The van der Waals surface area contributed by atoms with Gasteiger partial charge in [-0.3, -0.25) is 4.79 Å². The molecule has 0 bridgehead atoms. The summed E-state index contributed by atoms with van der Waals surface area (Å²) in [7, 11) is 0. The fraction of sp³-hybridized carbons (Fsp3) is 0.861. The summed E-state index contributed by atoms with van der Waals surface area (Å²) in [6, 6.07) is 0. The summed E-state index contributed by atoms with van der Waals surface area (Å²) in [5, 5.41) is 52.6. The van der Waals surface area contributed by atoms with Crippen LogP contribution < -0.4 is 0 Å². The van der Waals surface area contributed by atoms with Crippen LogP contribution in [0, 0.1) is 45.3 Å². The second kappa shape index (κ2) is 11.4. The van der Waals surface area contributed by atoms with Crippen LogP contribution in [0.2, 0.25) is 0 Å². The highest BCUT2D eigenvalue weighted by Gasteiger charge is 2.71. The molecule has 1 heterocycles. The van der Waals surface area contributed by atoms with Gasteiger partial charge in [-0.15, -0.1) is 0 Å². The minimum absolute atomic E-state index is 0.0323. The number of aliphatic hydroxyl groups is 5. The molecule has 0 amide bonds. The largest absolute Gasteiger partial charge is 0.466 e. The van der Waals surface area contributed by atoms with E-state index >= 15 is 0 Å². The molecule has 4 fully saturated rings. The monoisotopic (exact) mass is 618 g/mol. The molecule has 8 heteroatoms. The smallest absolute Gasteiger partial charge is 0.228 e. The van der Waals surface area contributed by atoms with Crippen molar-refractivity contribution >= 4 is 5.78 Å². The van der Waals surface area contributed by atoms with Gasteiger partial charge in [-0.2, -0.15) is 0 Å². The molecule has 0 spiro atoms. The average Bonchev–Trinajstić information content (AvgIpc) is 3.32. The maximum atomic E-state index is 14.3.